The number of amides is 2. The number of benzene rings is 3. The molecule has 8 nitrogen and oxygen atoms in total. The van der Waals surface area contributed by atoms with Gasteiger partial charge >= 0.3 is 0 Å². The van der Waals surface area contributed by atoms with E-state index in [2.05, 4.69) is 16.0 Å². The number of carbonyl (C=O) groups excluding carboxylic acids is 2. The monoisotopic (exact) mass is 550 g/mol. The summed E-state index contributed by atoms with van der Waals surface area (Å²) in [5.41, 5.74) is 3.07. The number of para-hydroxylation sites is 1. The maximum absolute atomic E-state index is 13.5. The molecule has 0 fully saturated rings. The molecule has 1 heterocycles. The summed E-state index contributed by atoms with van der Waals surface area (Å²) < 4.78 is 11.0. The number of amidine groups is 1. The van der Waals surface area contributed by atoms with Gasteiger partial charge in [0.15, 0.2) is 5.17 Å². The maximum atomic E-state index is 13.5. The molecule has 0 saturated heterocycles. The minimum atomic E-state index is -0.678. The van der Waals surface area contributed by atoms with Crippen molar-refractivity contribution in [3.63, 3.8) is 0 Å². The van der Waals surface area contributed by atoms with Crippen molar-refractivity contribution in [3.8, 4) is 11.5 Å². The number of nitrogens with one attached hydrogen (secondary N) is 3. The van der Waals surface area contributed by atoms with Gasteiger partial charge in [-0.15, -0.1) is 0 Å². The Hall–Kier alpha value is -3.95. The van der Waals surface area contributed by atoms with E-state index in [0.29, 0.717) is 49.9 Å². The Balaban J connectivity index is 1.59. The summed E-state index contributed by atoms with van der Waals surface area (Å²) in [5.74, 6) is 0.766. The maximum Gasteiger partial charge on any atom is 0.255 e. The van der Waals surface area contributed by atoms with E-state index < -0.39 is 6.04 Å². The van der Waals surface area contributed by atoms with Crippen LogP contribution in [0.1, 0.15) is 18.5 Å². The molecule has 3 N–H and O–H groups in total. The minimum absolute atomic E-state index is 0.111. The van der Waals surface area contributed by atoms with Crippen LogP contribution in [0.5, 0.6) is 11.5 Å². The van der Waals surface area contributed by atoms with Gasteiger partial charge in [0.2, 0.25) is 5.91 Å². The highest BCUT2D eigenvalue weighted by molar-refractivity contribution is 8.14. The smallest absolute Gasteiger partial charge is 0.255 e. The number of ether oxygens (including phenoxy) is 2. The van der Waals surface area contributed by atoms with E-state index in [1.54, 1.807) is 50.6 Å². The van der Waals surface area contributed by atoms with Crippen molar-refractivity contribution in [2.45, 2.75) is 13.0 Å². The molecule has 1 aliphatic heterocycles. The van der Waals surface area contributed by atoms with Crippen LogP contribution in [0, 0.1) is 0 Å². The minimum Gasteiger partial charge on any atom is -0.497 e. The number of carbonyl (C=O) groups is 2. The molecule has 1 atom stereocenters. The molecule has 0 aliphatic carbocycles. The first-order valence-corrected chi connectivity index (χ1v) is 13.1. The van der Waals surface area contributed by atoms with Crippen molar-refractivity contribution in [3.05, 3.63) is 94.7 Å². The van der Waals surface area contributed by atoms with Crippen molar-refractivity contribution >= 4 is 51.7 Å². The van der Waals surface area contributed by atoms with Gasteiger partial charge in [-0.05, 0) is 55.5 Å². The lowest BCUT2D eigenvalue weighted by Gasteiger charge is -2.27. The van der Waals surface area contributed by atoms with Crippen molar-refractivity contribution in [2.75, 3.05) is 30.6 Å². The number of thioether (sulfide) groups is 1. The zero-order chi connectivity index (χ0) is 27.1. The van der Waals surface area contributed by atoms with Crippen LogP contribution in [0.15, 0.2) is 89.1 Å². The van der Waals surface area contributed by atoms with Crippen molar-refractivity contribution in [1.82, 2.24) is 5.32 Å². The van der Waals surface area contributed by atoms with Crippen molar-refractivity contribution < 1.29 is 19.1 Å². The average molecular weight is 551 g/mol. The summed E-state index contributed by atoms with van der Waals surface area (Å²) in [6, 6.07) is 20.8. The van der Waals surface area contributed by atoms with Crippen molar-refractivity contribution in [2.24, 2.45) is 4.99 Å². The lowest BCUT2D eigenvalue weighted by Crippen LogP contribution is -2.33. The Morgan fingerprint density at radius 1 is 0.974 bits per heavy atom. The van der Waals surface area contributed by atoms with E-state index in [1.165, 1.54) is 11.8 Å². The Bertz CT molecular complexity index is 1380. The SMILES string of the molecule is COc1ccc([C@@H]2N=C(SCC(=O)Nc3ccc(Cl)cc3)NC(C)=C2C(=O)Nc2ccccc2)c(OC)c1. The molecule has 0 spiro atoms. The number of methoxy groups -OCH3 is 2. The fraction of sp³-hybridized carbons (Fsp3) is 0.179. The molecule has 38 heavy (non-hydrogen) atoms. The third-order valence-electron chi connectivity index (χ3n) is 5.70. The lowest BCUT2D eigenvalue weighted by molar-refractivity contribution is -0.114. The second-order valence-electron chi connectivity index (χ2n) is 8.27. The fourth-order valence-electron chi connectivity index (χ4n) is 3.87. The van der Waals surface area contributed by atoms with Gasteiger partial charge in [-0.25, -0.2) is 4.99 Å². The second-order valence-corrected chi connectivity index (χ2v) is 9.67. The van der Waals surface area contributed by atoms with Gasteiger partial charge in [0.1, 0.15) is 17.5 Å². The average Bonchev–Trinajstić information content (AvgIpc) is 2.93. The normalized spacial score (nSPS) is 14.7. The summed E-state index contributed by atoms with van der Waals surface area (Å²) in [6.07, 6.45) is 0. The van der Waals surface area contributed by atoms with Crippen LogP contribution in [0.4, 0.5) is 11.4 Å². The number of halogens is 1. The molecule has 0 bridgehead atoms. The van der Waals surface area contributed by atoms with Gasteiger partial charge < -0.3 is 25.4 Å². The number of allylic oxidation sites excluding steroid dienone is 1. The van der Waals surface area contributed by atoms with Gasteiger partial charge in [-0.2, -0.15) is 0 Å². The first-order chi connectivity index (χ1) is 18.4. The predicted molar refractivity (Wildman–Crippen MR) is 153 cm³/mol. The molecule has 0 radical (unpaired) electrons. The Morgan fingerprint density at radius 2 is 1.68 bits per heavy atom. The number of anilines is 2. The topological polar surface area (TPSA) is 101 Å². The molecule has 0 aromatic heterocycles. The van der Waals surface area contributed by atoms with Crippen LogP contribution in [0.2, 0.25) is 5.02 Å². The summed E-state index contributed by atoms with van der Waals surface area (Å²) in [6.45, 7) is 1.81. The van der Waals surface area contributed by atoms with Crippen LogP contribution in [-0.2, 0) is 9.59 Å². The standard InChI is InChI=1S/C28H27ClN4O4S/c1-17-25(27(35)32-19-7-5-4-6-8-19)26(22-14-13-21(36-2)15-23(22)37-3)33-28(30-17)38-16-24(34)31-20-11-9-18(29)10-12-20/h4-15,26H,16H2,1-3H3,(H,30,33)(H,31,34)(H,32,35)/t26-/m0/s1. The molecule has 3 aromatic carbocycles. The molecule has 196 valence electrons. The molecule has 3 aromatic rings. The summed E-state index contributed by atoms with van der Waals surface area (Å²) in [5, 5.41) is 10.1. The summed E-state index contributed by atoms with van der Waals surface area (Å²) >= 11 is 7.16. The number of nitrogens with zero attached hydrogens (tertiary/aromatic N) is 1. The van der Waals surface area contributed by atoms with Crippen LogP contribution >= 0.6 is 23.4 Å². The number of hydrogen-bond donors (Lipinski definition) is 3. The van der Waals surface area contributed by atoms with E-state index in [4.69, 9.17) is 26.1 Å². The second kappa shape index (κ2) is 12.5. The third-order valence-corrected chi connectivity index (χ3v) is 6.84. The van der Waals surface area contributed by atoms with Gasteiger partial charge in [0.25, 0.3) is 5.91 Å². The number of hydrogen-bond acceptors (Lipinski definition) is 7. The zero-order valence-electron chi connectivity index (χ0n) is 21.1. The first-order valence-electron chi connectivity index (χ1n) is 11.7. The van der Waals surface area contributed by atoms with E-state index in [1.807, 2.05) is 43.3 Å². The largest absolute Gasteiger partial charge is 0.497 e. The Kier molecular flexibility index (Phi) is 8.93. The van der Waals surface area contributed by atoms with E-state index in [0.717, 1.165) is 0 Å². The van der Waals surface area contributed by atoms with E-state index in [-0.39, 0.29) is 17.6 Å². The predicted octanol–water partition coefficient (Wildman–Crippen LogP) is 5.64. The Morgan fingerprint density at radius 3 is 2.37 bits per heavy atom. The fourth-order valence-corrected chi connectivity index (χ4v) is 4.74. The van der Waals surface area contributed by atoms with E-state index >= 15 is 0 Å². The quantitative estimate of drug-likeness (QED) is 0.335. The van der Waals surface area contributed by atoms with Crippen molar-refractivity contribution in [1.29, 1.82) is 0 Å². The summed E-state index contributed by atoms with van der Waals surface area (Å²) in [4.78, 5) is 30.9. The molecular formula is C28H27ClN4O4S. The highest BCUT2D eigenvalue weighted by atomic mass is 35.5. The number of aliphatic imine (C=N–C) groups is 1. The first kappa shape index (κ1) is 27.1. The summed E-state index contributed by atoms with van der Waals surface area (Å²) in [7, 11) is 3.13. The number of rotatable bonds is 8. The Labute approximate surface area is 230 Å². The molecule has 1 aliphatic rings. The third kappa shape index (κ3) is 6.67. The molecule has 0 saturated carbocycles. The van der Waals surface area contributed by atoms with Crippen LogP contribution in [0.25, 0.3) is 0 Å². The van der Waals surface area contributed by atoms with Crippen LogP contribution in [-0.4, -0.2) is 37.0 Å². The molecule has 2 amide bonds. The van der Waals surface area contributed by atoms with Gasteiger partial charge in [-0.1, -0.05) is 41.6 Å². The highest BCUT2D eigenvalue weighted by Crippen LogP contribution is 2.39. The molecule has 10 heteroatoms. The molecular weight excluding hydrogens is 524 g/mol. The molecule has 0 unspecified atom stereocenters. The van der Waals surface area contributed by atoms with Crippen LogP contribution in [0.3, 0.4) is 0 Å². The van der Waals surface area contributed by atoms with Gasteiger partial charge in [-0.3, -0.25) is 9.59 Å². The van der Waals surface area contributed by atoms with Crippen LogP contribution < -0.4 is 25.4 Å². The van der Waals surface area contributed by atoms with Gasteiger partial charge in [0.05, 0.1) is 25.5 Å². The van der Waals surface area contributed by atoms with Gasteiger partial charge in [0, 0.05) is 33.7 Å². The van der Waals surface area contributed by atoms with E-state index in [9.17, 15) is 9.59 Å². The lowest BCUT2D eigenvalue weighted by atomic mass is 9.95. The highest BCUT2D eigenvalue weighted by Gasteiger charge is 2.32. The molecule has 4 rings (SSSR count). The zero-order valence-corrected chi connectivity index (χ0v) is 22.7.